The molecule has 16 heteroatoms. The van der Waals surface area contributed by atoms with Crippen LogP contribution in [0.3, 0.4) is 0 Å². The van der Waals surface area contributed by atoms with E-state index in [4.69, 9.17) is 49.1 Å². The first-order valence-corrected chi connectivity index (χ1v) is 13.4. The number of ether oxygens (including phenoxy) is 2. The quantitative estimate of drug-likeness (QED) is 0.126. The van der Waals surface area contributed by atoms with Crippen LogP contribution >= 0.6 is 11.3 Å². The van der Waals surface area contributed by atoms with Gasteiger partial charge in [0.15, 0.2) is 0 Å². The predicted molar refractivity (Wildman–Crippen MR) is 150 cm³/mol. The first-order chi connectivity index (χ1) is 20.0. The van der Waals surface area contributed by atoms with Crippen molar-refractivity contribution in [3.05, 3.63) is 41.3 Å². The minimum Gasteiger partial charge on any atom is -0.473 e. The first kappa shape index (κ1) is 35.6. The van der Waals surface area contributed by atoms with E-state index in [0.717, 1.165) is 56.9 Å². The number of carbonyl (C=O) groups is 6. The van der Waals surface area contributed by atoms with Gasteiger partial charge in [0.1, 0.15) is 10.6 Å². The Morgan fingerprint density at radius 1 is 0.929 bits per heavy atom. The predicted octanol–water partition coefficient (Wildman–Crippen LogP) is 1.15. The van der Waals surface area contributed by atoms with Crippen LogP contribution in [0.1, 0.15) is 23.7 Å². The number of thiophene rings is 1. The SMILES string of the molecule is CCOC(=O)c1c(-c2ccccc2)csc1NC(=O)CNCCCN1CCOCC1.O=C(O)C(=O)O.O=C(O)C(=O)O. The molecule has 1 aromatic heterocycles. The number of carboxylic acids is 4. The standard InChI is InChI=1S/C22H29N3O4S.2C2H2O4/c1-2-29-22(27)20-18(17-7-4-3-5-8-17)16-30-21(20)24-19(26)15-23-9-6-10-25-11-13-28-14-12-25;2*3-1(4)2(5)6/h3-5,7-8,16,23H,2,6,9-15H2,1H3,(H,24,26);2*(H,3,4)(H,5,6). The maximum absolute atomic E-state index is 12.6. The number of esters is 1. The summed E-state index contributed by atoms with van der Waals surface area (Å²) in [5.41, 5.74) is 2.10. The van der Waals surface area contributed by atoms with Gasteiger partial charge in [0.2, 0.25) is 5.91 Å². The summed E-state index contributed by atoms with van der Waals surface area (Å²) in [7, 11) is 0. The minimum atomic E-state index is -1.82. The normalized spacial score (nSPS) is 12.4. The van der Waals surface area contributed by atoms with Crippen LogP contribution in [0.2, 0.25) is 0 Å². The van der Waals surface area contributed by atoms with Crippen LogP contribution in [-0.2, 0) is 33.4 Å². The Morgan fingerprint density at radius 2 is 1.50 bits per heavy atom. The molecule has 1 aromatic carbocycles. The van der Waals surface area contributed by atoms with Crippen molar-refractivity contribution in [3.8, 4) is 11.1 Å². The molecule has 15 nitrogen and oxygen atoms in total. The van der Waals surface area contributed by atoms with Gasteiger partial charge in [-0.05, 0) is 32.0 Å². The fraction of sp³-hybridized carbons (Fsp3) is 0.385. The smallest absolute Gasteiger partial charge is 0.414 e. The third-order valence-corrected chi connectivity index (χ3v) is 6.09. The van der Waals surface area contributed by atoms with Gasteiger partial charge in [-0.3, -0.25) is 9.69 Å². The number of carboxylic acid groups (broad SMARTS) is 4. The molecular weight excluding hydrogens is 578 g/mol. The molecule has 1 fully saturated rings. The zero-order valence-electron chi connectivity index (χ0n) is 22.7. The lowest BCUT2D eigenvalue weighted by atomic mass is 10.0. The summed E-state index contributed by atoms with van der Waals surface area (Å²) in [6.45, 7) is 7.54. The second-order valence-corrected chi connectivity index (χ2v) is 9.07. The Hall–Kier alpha value is -4.38. The third kappa shape index (κ3) is 13.8. The molecule has 1 saturated heterocycles. The Balaban J connectivity index is 0.000000618. The number of nitrogens with zero attached hydrogens (tertiary/aromatic N) is 1. The third-order valence-electron chi connectivity index (χ3n) is 5.19. The lowest BCUT2D eigenvalue weighted by molar-refractivity contribution is -0.159. The molecule has 0 aliphatic carbocycles. The van der Waals surface area contributed by atoms with E-state index < -0.39 is 29.8 Å². The summed E-state index contributed by atoms with van der Waals surface area (Å²) in [6, 6.07) is 9.63. The topological polar surface area (TPSA) is 229 Å². The number of hydrogen-bond acceptors (Lipinski definition) is 11. The minimum absolute atomic E-state index is 0.173. The Labute approximate surface area is 244 Å². The van der Waals surface area contributed by atoms with Gasteiger partial charge in [0, 0.05) is 24.0 Å². The van der Waals surface area contributed by atoms with Crippen molar-refractivity contribution in [1.29, 1.82) is 0 Å². The Morgan fingerprint density at radius 3 is 2.02 bits per heavy atom. The van der Waals surface area contributed by atoms with Crippen molar-refractivity contribution >= 4 is 52.1 Å². The largest absolute Gasteiger partial charge is 0.473 e. The van der Waals surface area contributed by atoms with E-state index in [9.17, 15) is 9.59 Å². The average molecular weight is 612 g/mol. The van der Waals surface area contributed by atoms with Gasteiger partial charge in [0.05, 0.1) is 26.4 Å². The van der Waals surface area contributed by atoms with Gasteiger partial charge in [-0.2, -0.15) is 0 Å². The van der Waals surface area contributed by atoms with Gasteiger partial charge in [-0.1, -0.05) is 30.3 Å². The van der Waals surface area contributed by atoms with Crippen molar-refractivity contribution < 1.29 is 58.7 Å². The highest BCUT2D eigenvalue weighted by atomic mass is 32.1. The number of benzene rings is 1. The van der Waals surface area contributed by atoms with Crippen molar-refractivity contribution in [1.82, 2.24) is 10.2 Å². The van der Waals surface area contributed by atoms with Gasteiger partial charge < -0.3 is 40.5 Å². The van der Waals surface area contributed by atoms with Crippen LogP contribution in [0.5, 0.6) is 0 Å². The van der Waals surface area contributed by atoms with Crippen molar-refractivity contribution in [2.24, 2.45) is 0 Å². The van der Waals surface area contributed by atoms with Crippen LogP contribution in [0.25, 0.3) is 11.1 Å². The van der Waals surface area contributed by atoms with Gasteiger partial charge in [0.25, 0.3) is 0 Å². The molecule has 1 amide bonds. The highest BCUT2D eigenvalue weighted by Crippen LogP contribution is 2.36. The number of hydrogen-bond donors (Lipinski definition) is 6. The van der Waals surface area contributed by atoms with E-state index in [1.165, 1.54) is 11.3 Å². The second kappa shape index (κ2) is 19.7. The molecule has 0 spiro atoms. The van der Waals surface area contributed by atoms with Gasteiger partial charge >= 0.3 is 29.8 Å². The summed E-state index contributed by atoms with van der Waals surface area (Å²) >= 11 is 1.34. The Kier molecular flexibility index (Phi) is 16.7. The summed E-state index contributed by atoms with van der Waals surface area (Å²) < 4.78 is 10.6. The number of rotatable bonds is 10. The molecule has 1 aliphatic rings. The number of nitrogens with one attached hydrogen (secondary N) is 2. The maximum atomic E-state index is 12.6. The van der Waals surface area contributed by atoms with E-state index in [1.807, 2.05) is 35.7 Å². The zero-order chi connectivity index (χ0) is 31.5. The van der Waals surface area contributed by atoms with E-state index in [-0.39, 0.29) is 19.1 Å². The molecule has 6 N–H and O–H groups in total. The highest BCUT2D eigenvalue weighted by Gasteiger charge is 2.22. The molecule has 0 atom stereocenters. The molecule has 42 heavy (non-hydrogen) atoms. The number of morpholine rings is 1. The van der Waals surface area contributed by atoms with E-state index in [2.05, 4.69) is 15.5 Å². The van der Waals surface area contributed by atoms with Gasteiger partial charge in [-0.15, -0.1) is 11.3 Å². The highest BCUT2D eigenvalue weighted by molar-refractivity contribution is 7.15. The number of aliphatic carboxylic acids is 4. The molecule has 0 unspecified atom stereocenters. The van der Waals surface area contributed by atoms with E-state index in [1.54, 1.807) is 6.92 Å². The van der Waals surface area contributed by atoms with Crippen LogP contribution in [0.4, 0.5) is 5.00 Å². The maximum Gasteiger partial charge on any atom is 0.414 e. The monoisotopic (exact) mass is 611 g/mol. The summed E-state index contributed by atoms with van der Waals surface area (Å²) in [4.78, 5) is 63.7. The molecule has 3 rings (SSSR count). The first-order valence-electron chi connectivity index (χ1n) is 12.5. The molecule has 1 aliphatic heterocycles. The lowest BCUT2D eigenvalue weighted by Gasteiger charge is -2.26. The van der Waals surface area contributed by atoms with E-state index in [0.29, 0.717) is 10.6 Å². The molecule has 0 radical (unpaired) electrons. The Bertz CT molecular complexity index is 1150. The van der Waals surface area contributed by atoms with Crippen molar-refractivity contribution in [2.75, 3.05) is 57.9 Å². The number of carbonyl (C=O) groups excluding carboxylic acids is 2. The number of amides is 1. The van der Waals surface area contributed by atoms with Crippen molar-refractivity contribution in [2.45, 2.75) is 13.3 Å². The van der Waals surface area contributed by atoms with E-state index >= 15 is 0 Å². The molecule has 230 valence electrons. The molecule has 2 aromatic rings. The van der Waals surface area contributed by atoms with Crippen molar-refractivity contribution in [3.63, 3.8) is 0 Å². The fourth-order valence-electron chi connectivity index (χ4n) is 3.31. The van der Waals surface area contributed by atoms with Crippen LogP contribution in [0, 0.1) is 0 Å². The number of anilines is 1. The fourth-order valence-corrected chi connectivity index (χ4v) is 4.28. The molecule has 0 saturated carbocycles. The van der Waals surface area contributed by atoms with Gasteiger partial charge in [-0.25, -0.2) is 24.0 Å². The van der Waals surface area contributed by atoms with Crippen LogP contribution in [0.15, 0.2) is 35.7 Å². The summed E-state index contributed by atoms with van der Waals surface area (Å²) in [5.74, 6) is -7.89. The zero-order valence-corrected chi connectivity index (χ0v) is 23.6. The molecule has 0 bridgehead atoms. The van der Waals surface area contributed by atoms with Crippen LogP contribution in [-0.4, -0.2) is 114 Å². The molecule has 2 heterocycles. The summed E-state index contributed by atoms with van der Waals surface area (Å²) in [6.07, 6.45) is 0.971. The second-order valence-electron chi connectivity index (χ2n) is 8.19. The van der Waals surface area contributed by atoms with Crippen LogP contribution < -0.4 is 10.6 Å². The lowest BCUT2D eigenvalue weighted by Crippen LogP contribution is -2.38. The average Bonchev–Trinajstić information content (AvgIpc) is 3.38. The summed E-state index contributed by atoms with van der Waals surface area (Å²) in [5, 5.41) is 38.0. The molecular formula is C26H33N3O12S.